The summed E-state index contributed by atoms with van der Waals surface area (Å²) >= 11 is -2.20. The number of fused-ring (bicyclic) bond motifs is 3. The fourth-order valence-corrected chi connectivity index (χ4v) is 2.82. The van der Waals surface area contributed by atoms with Crippen molar-refractivity contribution in [3.05, 3.63) is 29.8 Å². The van der Waals surface area contributed by atoms with Crippen LogP contribution in [0.25, 0.3) is 0 Å². The molecule has 0 spiro atoms. The van der Waals surface area contributed by atoms with Gasteiger partial charge in [-0.2, -0.15) is 5.26 Å². The second-order valence-corrected chi connectivity index (χ2v) is 6.44. The Hall–Kier alpha value is -1.26. The van der Waals surface area contributed by atoms with Gasteiger partial charge < -0.3 is 9.04 Å². The molecule has 0 saturated carbocycles. The van der Waals surface area contributed by atoms with Crippen LogP contribution < -0.4 is 0 Å². The molecule has 6 heteroatoms. The van der Waals surface area contributed by atoms with Gasteiger partial charge >= 0.3 is 0 Å². The standard InChI is InChI=1S/C7H15N2.C7H5NO2S/c1-9-5-2-8(3-6-9)4-7-9;8-5-6-1-3-7(4-2-6)11(9)10/h2-7H2,1H3;1-4H,(H,9,10)/q+1;/p-1. The Morgan fingerprint density at radius 2 is 1.70 bits per heavy atom. The van der Waals surface area contributed by atoms with Gasteiger partial charge in [0.2, 0.25) is 0 Å². The third-order valence-corrected chi connectivity index (χ3v) is 4.70. The van der Waals surface area contributed by atoms with E-state index in [2.05, 4.69) is 11.9 Å². The molecule has 1 aromatic rings. The van der Waals surface area contributed by atoms with Crippen molar-refractivity contribution in [1.29, 1.82) is 5.26 Å². The molecule has 3 fully saturated rings. The highest BCUT2D eigenvalue weighted by atomic mass is 32.2. The number of likely N-dealkylation sites (N-methyl/N-ethyl adjacent to an activating group) is 1. The predicted molar refractivity (Wildman–Crippen MR) is 75.6 cm³/mol. The first-order valence-corrected chi connectivity index (χ1v) is 7.75. The number of piperazine rings is 3. The largest absolute Gasteiger partial charge is 0.768 e. The van der Waals surface area contributed by atoms with Gasteiger partial charge in [-0.1, -0.05) is 0 Å². The third-order valence-electron chi connectivity index (χ3n) is 4.04. The molecular formula is C14H19N3O2S. The number of benzene rings is 1. The molecule has 0 N–H and O–H groups in total. The number of nitriles is 1. The normalized spacial score (nSPS) is 28.9. The first-order chi connectivity index (χ1) is 9.52. The lowest BCUT2D eigenvalue weighted by molar-refractivity contribution is -0.922. The summed E-state index contributed by atoms with van der Waals surface area (Å²) in [6.07, 6.45) is 0. The van der Waals surface area contributed by atoms with Crippen molar-refractivity contribution >= 4 is 11.1 Å². The summed E-state index contributed by atoms with van der Waals surface area (Å²) < 4.78 is 22.0. The zero-order valence-electron chi connectivity index (χ0n) is 11.6. The monoisotopic (exact) mass is 293 g/mol. The summed E-state index contributed by atoms with van der Waals surface area (Å²) in [6, 6.07) is 7.60. The summed E-state index contributed by atoms with van der Waals surface area (Å²) in [7, 11) is 2.39. The molecule has 5 nitrogen and oxygen atoms in total. The highest BCUT2D eigenvalue weighted by Crippen LogP contribution is 2.15. The maximum atomic E-state index is 10.3. The van der Waals surface area contributed by atoms with Gasteiger partial charge in [0.1, 0.15) is 0 Å². The molecular weight excluding hydrogens is 274 g/mol. The van der Waals surface area contributed by atoms with Crippen LogP contribution >= 0.6 is 0 Å². The fraction of sp³-hybridized carbons (Fsp3) is 0.500. The van der Waals surface area contributed by atoms with Gasteiger partial charge in [0, 0.05) is 24.5 Å². The smallest absolute Gasteiger partial charge is 0.0991 e. The number of rotatable bonds is 1. The van der Waals surface area contributed by atoms with Crippen LogP contribution in [0.15, 0.2) is 29.2 Å². The van der Waals surface area contributed by atoms with Crippen molar-refractivity contribution in [2.45, 2.75) is 4.90 Å². The second-order valence-electron chi connectivity index (χ2n) is 5.50. The Morgan fingerprint density at radius 1 is 1.20 bits per heavy atom. The van der Waals surface area contributed by atoms with Gasteiger partial charge in [-0.3, -0.25) is 9.11 Å². The Balaban J connectivity index is 0.000000149. The Bertz CT molecular complexity index is 502. The van der Waals surface area contributed by atoms with E-state index in [1.807, 2.05) is 6.07 Å². The summed E-state index contributed by atoms with van der Waals surface area (Å²) in [5, 5.41) is 8.36. The molecule has 3 heterocycles. The highest BCUT2D eigenvalue weighted by molar-refractivity contribution is 7.79. The van der Waals surface area contributed by atoms with E-state index in [-0.39, 0.29) is 4.90 Å². The molecule has 2 bridgehead atoms. The van der Waals surface area contributed by atoms with Crippen molar-refractivity contribution in [2.75, 3.05) is 46.3 Å². The van der Waals surface area contributed by atoms with Crippen molar-refractivity contribution in [1.82, 2.24) is 4.90 Å². The zero-order chi connectivity index (χ0) is 14.6. The van der Waals surface area contributed by atoms with Crippen molar-refractivity contribution in [3.63, 3.8) is 0 Å². The van der Waals surface area contributed by atoms with Crippen LogP contribution in [-0.2, 0) is 11.1 Å². The average molecular weight is 293 g/mol. The van der Waals surface area contributed by atoms with Gasteiger partial charge in [-0.15, -0.1) is 0 Å². The molecule has 0 aliphatic carbocycles. The summed E-state index contributed by atoms with van der Waals surface area (Å²) in [4.78, 5) is 2.77. The highest BCUT2D eigenvalue weighted by Gasteiger charge is 2.34. The molecule has 20 heavy (non-hydrogen) atoms. The van der Waals surface area contributed by atoms with Gasteiger partial charge in [-0.05, 0) is 35.3 Å². The fourth-order valence-electron chi connectivity index (χ4n) is 2.46. The Morgan fingerprint density at radius 3 is 2.00 bits per heavy atom. The molecule has 4 rings (SSSR count). The molecule has 0 aromatic heterocycles. The van der Waals surface area contributed by atoms with Gasteiger partial charge in [0.25, 0.3) is 0 Å². The van der Waals surface area contributed by atoms with Gasteiger partial charge in [-0.25, -0.2) is 0 Å². The van der Waals surface area contributed by atoms with Gasteiger partial charge in [0.15, 0.2) is 0 Å². The van der Waals surface area contributed by atoms with E-state index in [1.165, 1.54) is 68.0 Å². The van der Waals surface area contributed by atoms with E-state index in [9.17, 15) is 8.76 Å². The maximum Gasteiger partial charge on any atom is 0.0991 e. The number of hydrogen-bond donors (Lipinski definition) is 0. The van der Waals surface area contributed by atoms with E-state index in [0.717, 1.165) is 0 Å². The summed E-state index contributed by atoms with van der Waals surface area (Å²) in [5.74, 6) is 0. The summed E-state index contributed by atoms with van der Waals surface area (Å²) in [5.41, 5.74) is 0.458. The Labute approximate surface area is 122 Å². The number of nitrogens with zero attached hydrogens (tertiary/aromatic N) is 3. The molecule has 3 saturated heterocycles. The molecule has 0 radical (unpaired) electrons. The molecule has 108 valence electrons. The molecule has 1 unspecified atom stereocenters. The Kier molecular flexibility index (Phi) is 4.89. The van der Waals surface area contributed by atoms with E-state index in [1.54, 1.807) is 0 Å². The average Bonchev–Trinajstić information content (AvgIpc) is 2.49. The van der Waals surface area contributed by atoms with Crippen LogP contribution in [0.2, 0.25) is 0 Å². The molecule has 3 aliphatic heterocycles. The molecule has 3 aliphatic rings. The van der Waals surface area contributed by atoms with Crippen molar-refractivity contribution in [2.24, 2.45) is 0 Å². The minimum Gasteiger partial charge on any atom is -0.768 e. The topological polar surface area (TPSA) is 67.2 Å². The molecule has 1 atom stereocenters. The van der Waals surface area contributed by atoms with E-state index < -0.39 is 11.1 Å². The number of hydrogen-bond acceptors (Lipinski definition) is 4. The second kappa shape index (κ2) is 6.46. The maximum absolute atomic E-state index is 10.3. The van der Waals surface area contributed by atoms with E-state index >= 15 is 0 Å². The van der Waals surface area contributed by atoms with Crippen LogP contribution in [-0.4, -0.2) is 64.5 Å². The lowest BCUT2D eigenvalue weighted by Crippen LogP contribution is -2.65. The predicted octanol–water partition coefficient (Wildman–Crippen LogP) is 0.558. The van der Waals surface area contributed by atoms with Crippen molar-refractivity contribution < 1.29 is 13.2 Å². The third kappa shape index (κ3) is 3.87. The quantitative estimate of drug-likeness (QED) is 0.560. The van der Waals surface area contributed by atoms with E-state index in [0.29, 0.717) is 5.56 Å². The molecule has 0 amide bonds. The molecule has 1 aromatic carbocycles. The van der Waals surface area contributed by atoms with E-state index in [4.69, 9.17) is 5.26 Å². The van der Waals surface area contributed by atoms with Crippen LogP contribution in [0.3, 0.4) is 0 Å². The van der Waals surface area contributed by atoms with Crippen molar-refractivity contribution in [3.8, 4) is 6.07 Å². The minimum atomic E-state index is -2.20. The lowest BCUT2D eigenvalue weighted by Gasteiger charge is -2.48. The SMILES string of the molecule is C[N+]12CCN(CC1)CC2.N#Cc1ccc(S(=O)[O-])cc1. The van der Waals surface area contributed by atoms with Crippen LogP contribution in [0.1, 0.15) is 5.56 Å². The summed E-state index contributed by atoms with van der Waals surface area (Å²) in [6.45, 7) is 8.20. The van der Waals surface area contributed by atoms with Crippen LogP contribution in [0.4, 0.5) is 0 Å². The first kappa shape index (κ1) is 15.1. The van der Waals surface area contributed by atoms with Crippen LogP contribution in [0, 0.1) is 11.3 Å². The minimum absolute atomic E-state index is 0.198. The first-order valence-electron chi connectivity index (χ1n) is 6.68. The lowest BCUT2D eigenvalue weighted by atomic mass is 10.2. The van der Waals surface area contributed by atoms with Gasteiger partial charge in [0.05, 0.1) is 38.3 Å². The number of quaternary nitrogens is 1. The zero-order valence-corrected chi connectivity index (χ0v) is 12.4. The van der Waals surface area contributed by atoms with Crippen LogP contribution in [0.5, 0.6) is 0 Å².